The molecule has 2 aliphatic rings. The summed E-state index contributed by atoms with van der Waals surface area (Å²) in [5.74, 6) is -0.355. The lowest BCUT2D eigenvalue weighted by Crippen LogP contribution is -2.45. The summed E-state index contributed by atoms with van der Waals surface area (Å²) >= 11 is 0. The molecule has 6 nitrogen and oxygen atoms in total. The number of ether oxygens (including phenoxy) is 1. The predicted octanol–water partition coefficient (Wildman–Crippen LogP) is 2.12. The van der Waals surface area contributed by atoms with E-state index in [4.69, 9.17) is 9.57 Å². The number of esters is 1. The summed E-state index contributed by atoms with van der Waals surface area (Å²) in [7, 11) is 0. The maximum atomic E-state index is 12.4. The lowest BCUT2D eigenvalue weighted by atomic mass is 10.0. The van der Waals surface area contributed by atoms with Gasteiger partial charge in [-0.25, -0.2) is 9.59 Å². The van der Waals surface area contributed by atoms with E-state index in [0.29, 0.717) is 13.0 Å². The van der Waals surface area contributed by atoms with E-state index in [-0.39, 0.29) is 31.3 Å². The molecule has 3 rings (SSSR count). The Morgan fingerprint density at radius 3 is 2.83 bits per heavy atom. The number of hydrogen-bond acceptors (Lipinski definition) is 4. The van der Waals surface area contributed by atoms with Crippen LogP contribution in [-0.4, -0.2) is 47.2 Å². The lowest BCUT2D eigenvalue weighted by Gasteiger charge is -2.28. The van der Waals surface area contributed by atoms with Crippen LogP contribution in [0.3, 0.4) is 0 Å². The molecule has 0 saturated carbocycles. The van der Waals surface area contributed by atoms with Crippen molar-refractivity contribution in [2.45, 2.75) is 31.5 Å². The number of benzene rings is 1. The quantitative estimate of drug-likeness (QED) is 0.596. The fourth-order valence-electron chi connectivity index (χ4n) is 3.00. The van der Waals surface area contributed by atoms with Crippen LogP contribution in [0.15, 0.2) is 43.0 Å². The fraction of sp³-hybridized carbons (Fsp3) is 0.412. The molecule has 2 heterocycles. The van der Waals surface area contributed by atoms with Gasteiger partial charge in [0.25, 0.3) is 0 Å². The van der Waals surface area contributed by atoms with Gasteiger partial charge in [-0.15, -0.1) is 6.58 Å². The van der Waals surface area contributed by atoms with Crippen molar-refractivity contribution < 1.29 is 19.2 Å². The third-order valence-corrected chi connectivity index (χ3v) is 4.15. The van der Waals surface area contributed by atoms with Crippen molar-refractivity contribution in [3.05, 3.63) is 48.6 Å². The zero-order valence-electron chi connectivity index (χ0n) is 12.9. The zero-order chi connectivity index (χ0) is 16.2. The van der Waals surface area contributed by atoms with Crippen molar-refractivity contribution in [2.24, 2.45) is 0 Å². The molecule has 2 amide bonds. The van der Waals surface area contributed by atoms with Crippen LogP contribution in [0.25, 0.3) is 0 Å². The Morgan fingerprint density at radius 1 is 1.30 bits per heavy atom. The van der Waals surface area contributed by atoms with Gasteiger partial charge >= 0.3 is 12.0 Å². The number of carbonyl (C=O) groups excluding carboxylic acids is 2. The number of nitrogens with zero attached hydrogens (tertiary/aromatic N) is 2. The van der Waals surface area contributed by atoms with Crippen LogP contribution in [-0.2, 0) is 21.0 Å². The second-order valence-corrected chi connectivity index (χ2v) is 5.69. The highest BCUT2D eigenvalue weighted by atomic mass is 16.7. The van der Waals surface area contributed by atoms with E-state index in [1.807, 2.05) is 30.3 Å². The third kappa shape index (κ3) is 3.22. The normalized spacial score (nSPS) is 23.0. The molecule has 122 valence electrons. The van der Waals surface area contributed by atoms with Gasteiger partial charge in [-0.05, 0) is 18.4 Å². The van der Waals surface area contributed by atoms with Crippen LogP contribution in [0.2, 0.25) is 0 Å². The maximum absolute atomic E-state index is 12.4. The molecule has 0 spiro atoms. The molecule has 6 heteroatoms. The monoisotopic (exact) mass is 316 g/mol. The fourth-order valence-corrected chi connectivity index (χ4v) is 3.00. The van der Waals surface area contributed by atoms with E-state index in [2.05, 4.69) is 6.58 Å². The Morgan fingerprint density at radius 2 is 2.09 bits per heavy atom. The summed E-state index contributed by atoms with van der Waals surface area (Å²) in [5.41, 5.74) is 0.929. The maximum Gasteiger partial charge on any atom is 0.345 e. The second kappa shape index (κ2) is 6.83. The highest BCUT2D eigenvalue weighted by Gasteiger charge is 2.48. The van der Waals surface area contributed by atoms with Crippen molar-refractivity contribution in [2.75, 3.05) is 13.2 Å². The van der Waals surface area contributed by atoms with Gasteiger partial charge in [0.1, 0.15) is 12.6 Å². The first kappa shape index (κ1) is 15.6. The molecule has 0 aromatic heterocycles. The Hall–Kier alpha value is -2.34. The van der Waals surface area contributed by atoms with Gasteiger partial charge in [0.05, 0.1) is 12.6 Å². The first-order valence-electron chi connectivity index (χ1n) is 7.75. The van der Waals surface area contributed by atoms with Gasteiger partial charge in [0, 0.05) is 6.54 Å². The van der Waals surface area contributed by atoms with E-state index in [1.165, 1.54) is 5.06 Å². The summed E-state index contributed by atoms with van der Waals surface area (Å²) in [6.45, 7) is 4.58. The molecule has 2 fully saturated rings. The minimum atomic E-state index is -0.528. The van der Waals surface area contributed by atoms with E-state index in [0.717, 1.165) is 12.0 Å². The number of amides is 2. The molecule has 2 unspecified atom stereocenters. The Bertz CT molecular complexity index is 590. The Kier molecular flexibility index (Phi) is 4.62. The SMILES string of the molecule is C=CCON1C(=O)N2CC1CCC2C(=O)OCc1ccccc1. The van der Waals surface area contributed by atoms with Crippen LogP contribution in [0.5, 0.6) is 0 Å². The Labute approximate surface area is 135 Å². The molecule has 2 saturated heterocycles. The first-order chi connectivity index (χ1) is 11.2. The molecule has 1 aromatic carbocycles. The minimum Gasteiger partial charge on any atom is -0.459 e. The number of carbonyl (C=O) groups is 2. The molecule has 1 aromatic rings. The summed E-state index contributed by atoms with van der Waals surface area (Å²) < 4.78 is 5.37. The van der Waals surface area contributed by atoms with Crippen molar-refractivity contribution in [3.8, 4) is 0 Å². The van der Waals surface area contributed by atoms with Crippen LogP contribution >= 0.6 is 0 Å². The number of rotatable bonds is 6. The summed E-state index contributed by atoms with van der Waals surface area (Å²) in [5, 5.41) is 1.37. The van der Waals surface area contributed by atoms with Gasteiger partial charge in [-0.1, -0.05) is 36.4 Å². The van der Waals surface area contributed by atoms with Crippen LogP contribution in [0.1, 0.15) is 18.4 Å². The molecule has 0 aliphatic carbocycles. The molecule has 0 radical (unpaired) electrons. The highest BCUT2D eigenvalue weighted by molar-refractivity contribution is 5.85. The van der Waals surface area contributed by atoms with Gasteiger partial charge in [-0.2, -0.15) is 5.06 Å². The van der Waals surface area contributed by atoms with E-state index in [9.17, 15) is 9.59 Å². The molecule has 2 atom stereocenters. The lowest BCUT2D eigenvalue weighted by molar-refractivity contribution is -0.151. The van der Waals surface area contributed by atoms with Gasteiger partial charge in [-0.3, -0.25) is 4.84 Å². The van der Waals surface area contributed by atoms with Crippen molar-refractivity contribution in [1.29, 1.82) is 0 Å². The largest absolute Gasteiger partial charge is 0.459 e. The number of piperidine rings is 1. The van der Waals surface area contributed by atoms with Crippen LogP contribution in [0, 0.1) is 0 Å². The molecule has 2 aliphatic heterocycles. The van der Waals surface area contributed by atoms with Crippen molar-refractivity contribution in [1.82, 2.24) is 9.96 Å². The van der Waals surface area contributed by atoms with E-state index < -0.39 is 6.04 Å². The van der Waals surface area contributed by atoms with Gasteiger partial charge in [0.15, 0.2) is 0 Å². The number of urea groups is 1. The standard InChI is InChI=1S/C17H20N2O4/c1-2-10-23-19-14-8-9-15(18(11-14)17(19)21)16(20)22-12-13-6-4-3-5-7-13/h2-7,14-15H,1,8-12H2. The number of fused-ring (bicyclic) bond motifs is 2. The summed E-state index contributed by atoms with van der Waals surface area (Å²) in [6, 6.07) is 8.70. The van der Waals surface area contributed by atoms with E-state index >= 15 is 0 Å². The van der Waals surface area contributed by atoms with Gasteiger partial charge < -0.3 is 9.64 Å². The number of hydrogen-bond donors (Lipinski definition) is 0. The molecule has 23 heavy (non-hydrogen) atoms. The number of hydroxylamine groups is 2. The van der Waals surface area contributed by atoms with Crippen LogP contribution in [0.4, 0.5) is 4.79 Å². The second-order valence-electron chi connectivity index (χ2n) is 5.69. The molecule has 2 bridgehead atoms. The average Bonchev–Trinajstić information content (AvgIpc) is 2.83. The minimum absolute atomic E-state index is 0.000577. The zero-order valence-corrected chi connectivity index (χ0v) is 12.9. The van der Waals surface area contributed by atoms with Gasteiger partial charge in [0.2, 0.25) is 0 Å². The summed E-state index contributed by atoms with van der Waals surface area (Å²) in [4.78, 5) is 31.7. The smallest absolute Gasteiger partial charge is 0.345 e. The van der Waals surface area contributed by atoms with Crippen LogP contribution < -0.4 is 0 Å². The topological polar surface area (TPSA) is 59.1 Å². The first-order valence-corrected chi connectivity index (χ1v) is 7.75. The molecular formula is C17H20N2O4. The predicted molar refractivity (Wildman–Crippen MR) is 83.1 cm³/mol. The molecule has 0 N–H and O–H groups in total. The molecular weight excluding hydrogens is 296 g/mol. The average molecular weight is 316 g/mol. The third-order valence-electron chi connectivity index (χ3n) is 4.15. The van der Waals surface area contributed by atoms with E-state index in [1.54, 1.807) is 11.0 Å². The highest BCUT2D eigenvalue weighted by Crippen LogP contribution is 2.30. The van der Waals surface area contributed by atoms with Crippen molar-refractivity contribution in [3.63, 3.8) is 0 Å². The summed E-state index contributed by atoms with van der Waals surface area (Å²) in [6.07, 6.45) is 2.92. The Balaban J connectivity index is 1.60. The van der Waals surface area contributed by atoms with Crippen molar-refractivity contribution >= 4 is 12.0 Å².